The van der Waals surface area contributed by atoms with E-state index in [0.29, 0.717) is 6.54 Å². The van der Waals surface area contributed by atoms with Gasteiger partial charge in [-0.1, -0.05) is 66.2 Å². The second-order valence-corrected chi connectivity index (χ2v) is 10.6. The number of carbonyl (C=O) groups is 2. The highest BCUT2D eigenvalue weighted by Gasteiger charge is 2.33. The van der Waals surface area contributed by atoms with E-state index in [1.165, 1.54) is 17.0 Å². The molecule has 0 aliphatic carbocycles. The summed E-state index contributed by atoms with van der Waals surface area (Å²) >= 11 is 6.39. The van der Waals surface area contributed by atoms with Crippen LogP contribution in [0.3, 0.4) is 0 Å². The van der Waals surface area contributed by atoms with Gasteiger partial charge >= 0.3 is 0 Å². The summed E-state index contributed by atoms with van der Waals surface area (Å²) in [4.78, 5) is 27.9. The number of hydrogen-bond donors (Lipinski definition) is 1. The standard InChI is InChI=1S/C27H30ClN3O4S/c1-4-29-27(33)21(3)30(18-22-13-9-8-12-20(22)2)26(32)19-31(25-17-11-10-16-24(25)28)36(34,35)23-14-6-5-7-15-23/h5-17,21H,4,18-19H2,1-3H3,(H,29,33). The normalized spacial score (nSPS) is 12.0. The van der Waals surface area contributed by atoms with Crippen LogP contribution in [-0.2, 0) is 26.2 Å². The fourth-order valence-electron chi connectivity index (χ4n) is 3.76. The molecule has 0 aliphatic heterocycles. The number of benzene rings is 3. The third kappa shape index (κ3) is 6.25. The maximum absolute atomic E-state index is 13.8. The Hall–Kier alpha value is -3.36. The van der Waals surface area contributed by atoms with Crippen molar-refractivity contribution in [2.75, 3.05) is 17.4 Å². The van der Waals surface area contributed by atoms with Crippen LogP contribution >= 0.6 is 11.6 Å². The summed E-state index contributed by atoms with van der Waals surface area (Å²) in [6.45, 7) is 5.37. The molecule has 0 bridgehead atoms. The third-order valence-electron chi connectivity index (χ3n) is 5.85. The van der Waals surface area contributed by atoms with Crippen molar-refractivity contribution in [1.29, 1.82) is 0 Å². The quantitative estimate of drug-likeness (QED) is 0.423. The average molecular weight is 528 g/mol. The van der Waals surface area contributed by atoms with Crippen molar-refractivity contribution in [1.82, 2.24) is 10.2 Å². The summed E-state index contributed by atoms with van der Waals surface area (Å²) in [6.07, 6.45) is 0. The van der Waals surface area contributed by atoms with Crippen LogP contribution < -0.4 is 9.62 Å². The molecular formula is C27H30ClN3O4S. The first kappa shape index (κ1) is 27.2. The highest BCUT2D eigenvalue weighted by atomic mass is 35.5. The van der Waals surface area contributed by atoms with Crippen LogP contribution in [0.5, 0.6) is 0 Å². The van der Waals surface area contributed by atoms with E-state index in [-0.39, 0.29) is 28.1 Å². The molecule has 0 radical (unpaired) electrons. The number of likely N-dealkylation sites (N-methyl/N-ethyl adjacent to an activating group) is 1. The molecule has 9 heteroatoms. The minimum Gasteiger partial charge on any atom is -0.355 e. The van der Waals surface area contributed by atoms with Crippen LogP contribution in [0.1, 0.15) is 25.0 Å². The van der Waals surface area contributed by atoms with Crippen molar-refractivity contribution in [3.63, 3.8) is 0 Å². The van der Waals surface area contributed by atoms with Gasteiger partial charge < -0.3 is 10.2 Å². The predicted octanol–water partition coefficient (Wildman–Crippen LogP) is 4.40. The van der Waals surface area contributed by atoms with E-state index in [1.807, 2.05) is 31.2 Å². The van der Waals surface area contributed by atoms with Gasteiger partial charge in [-0.15, -0.1) is 0 Å². The Morgan fingerprint density at radius 3 is 2.19 bits per heavy atom. The third-order valence-corrected chi connectivity index (χ3v) is 7.95. The second-order valence-electron chi connectivity index (χ2n) is 8.29. The predicted molar refractivity (Wildman–Crippen MR) is 142 cm³/mol. The van der Waals surface area contributed by atoms with Gasteiger partial charge in [-0.05, 0) is 56.2 Å². The van der Waals surface area contributed by atoms with Gasteiger partial charge in [0.2, 0.25) is 11.8 Å². The Morgan fingerprint density at radius 1 is 0.944 bits per heavy atom. The lowest BCUT2D eigenvalue weighted by Gasteiger charge is -2.32. The van der Waals surface area contributed by atoms with Crippen LogP contribution in [0.4, 0.5) is 5.69 Å². The molecular weight excluding hydrogens is 498 g/mol. The van der Waals surface area contributed by atoms with Gasteiger partial charge in [0.05, 0.1) is 15.6 Å². The molecule has 0 fully saturated rings. The van der Waals surface area contributed by atoms with Crippen molar-refractivity contribution in [3.8, 4) is 0 Å². The van der Waals surface area contributed by atoms with E-state index in [1.54, 1.807) is 56.3 Å². The number of hydrogen-bond acceptors (Lipinski definition) is 4. The SMILES string of the molecule is CCNC(=O)C(C)N(Cc1ccccc1C)C(=O)CN(c1ccccc1Cl)S(=O)(=O)c1ccccc1. The van der Waals surface area contributed by atoms with Crippen molar-refractivity contribution in [2.24, 2.45) is 0 Å². The fourth-order valence-corrected chi connectivity index (χ4v) is 5.50. The van der Waals surface area contributed by atoms with Gasteiger partial charge in [-0.3, -0.25) is 13.9 Å². The van der Waals surface area contributed by atoms with Crippen LogP contribution in [-0.4, -0.2) is 44.3 Å². The van der Waals surface area contributed by atoms with E-state index in [2.05, 4.69) is 5.32 Å². The lowest BCUT2D eigenvalue weighted by atomic mass is 10.1. The summed E-state index contributed by atoms with van der Waals surface area (Å²) in [5.41, 5.74) is 1.99. The van der Waals surface area contributed by atoms with Gasteiger partial charge in [0, 0.05) is 13.1 Å². The van der Waals surface area contributed by atoms with Crippen molar-refractivity contribution >= 4 is 39.1 Å². The lowest BCUT2D eigenvalue weighted by Crippen LogP contribution is -2.51. The molecule has 36 heavy (non-hydrogen) atoms. The molecule has 1 unspecified atom stereocenters. The molecule has 0 spiro atoms. The largest absolute Gasteiger partial charge is 0.355 e. The number of halogens is 1. The number of carbonyl (C=O) groups excluding carboxylic acids is 2. The fraction of sp³-hybridized carbons (Fsp3) is 0.259. The van der Waals surface area contributed by atoms with Crippen LogP contribution in [0.15, 0.2) is 83.8 Å². The number of anilines is 1. The molecule has 3 aromatic carbocycles. The summed E-state index contributed by atoms with van der Waals surface area (Å²) in [5.74, 6) is -0.855. The summed E-state index contributed by atoms with van der Waals surface area (Å²) < 4.78 is 28.4. The van der Waals surface area contributed by atoms with E-state index in [0.717, 1.165) is 15.4 Å². The Morgan fingerprint density at radius 2 is 1.56 bits per heavy atom. The highest BCUT2D eigenvalue weighted by molar-refractivity contribution is 7.92. The van der Waals surface area contributed by atoms with Crippen molar-refractivity contribution in [2.45, 2.75) is 38.3 Å². The monoisotopic (exact) mass is 527 g/mol. The first-order chi connectivity index (χ1) is 17.2. The summed E-state index contributed by atoms with van der Waals surface area (Å²) in [5, 5.41) is 2.93. The molecule has 7 nitrogen and oxygen atoms in total. The molecule has 190 valence electrons. The number of rotatable bonds is 10. The number of amides is 2. The van der Waals surface area contributed by atoms with E-state index < -0.39 is 28.5 Å². The van der Waals surface area contributed by atoms with Gasteiger partial charge in [0.1, 0.15) is 12.6 Å². The van der Waals surface area contributed by atoms with Gasteiger partial charge in [-0.25, -0.2) is 8.42 Å². The maximum Gasteiger partial charge on any atom is 0.264 e. The molecule has 0 aliphatic rings. The van der Waals surface area contributed by atoms with Gasteiger partial charge in [-0.2, -0.15) is 0 Å². The lowest BCUT2D eigenvalue weighted by molar-refractivity contribution is -0.139. The highest BCUT2D eigenvalue weighted by Crippen LogP contribution is 2.30. The molecule has 3 rings (SSSR count). The Labute approximate surface area is 217 Å². The minimum atomic E-state index is -4.14. The molecule has 1 atom stereocenters. The molecule has 1 N–H and O–H groups in total. The van der Waals surface area contributed by atoms with Crippen molar-refractivity contribution < 1.29 is 18.0 Å². The molecule has 0 aromatic heterocycles. The topological polar surface area (TPSA) is 86.8 Å². The number of sulfonamides is 1. The van der Waals surface area contributed by atoms with E-state index in [4.69, 9.17) is 11.6 Å². The Bertz CT molecular complexity index is 1320. The molecule has 2 amide bonds. The zero-order chi connectivity index (χ0) is 26.3. The molecule has 0 saturated heterocycles. The van der Waals surface area contributed by atoms with E-state index >= 15 is 0 Å². The summed E-state index contributed by atoms with van der Waals surface area (Å²) in [7, 11) is -4.14. The number of nitrogens with zero attached hydrogens (tertiary/aromatic N) is 2. The minimum absolute atomic E-state index is 0.0277. The average Bonchev–Trinajstić information content (AvgIpc) is 2.87. The van der Waals surface area contributed by atoms with Crippen LogP contribution in [0, 0.1) is 6.92 Å². The van der Waals surface area contributed by atoms with Crippen molar-refractivity contribution in [3.05, 3.63) is 95.0 Å². The summed E-state index contributed by atoms with van der Waals surface area (Å²) in [6, 6.07) is 21.0. The van der Waals surface area contributed by atoms with Crippen LogP contribution in [0.25, 0.3) is 0 Å². The van der Waals surface area contributed by atoms with E-state index in [9.17, 15) is 18.0 Å². The maximum atomic E-state index is 13.8. The van der Waals surface area contributed by atoms with Gasteiger partial charge in [0.15, 0.2) is 0 Å². The van der Waals surface area contributed by atoms with Crippen LogP contribution in [0.2, 0.25) is 5.02 Å². The smallest absolute Gasteiger partial charge is 0.264 e. The number of nitrogens with one attached hydrogen (secondary N) is 1. The molecule has 0 saturated carbocycles. The second kappa shape index (κ2) is 12.1. The first-order valence-electron chi connectivity index (χ1n) is 11.6. The first-order valence-corrected chi connectivity index (χ1v) is 13.4. The number of para-hydroxylation sites is 1. The zero-order valence-electron chi connectivity index (χ0n) is 20.5. The Balaban J connectivity index is 2.04. The Kier molecular flexibility index (Phi) is 9.12. The number of aryl methyl sites for hydroxylation is 1. The molecule has 3 aromatic rings. The molecule has 0 heterocycles. The zero-order valence-corrected chi connectivity index (χ0v) is 22.1. The van der Waals surface area contributed by atoms with Gasteiger partial charge in [0.25, 0.3) is 10.0 Å².